The van der Waals surface area contributed by atoms with Crippen LogP contribution in [0, 0.1) is 0 Å². The molecule has 0 aromatic heterocycles. The van der Waals surface area contributed by atoms with E-state index >= 15 is 0 Å². The fourth-order valence-corrected chi connectivity index (χ4v) is 1.96. The van der Waals surface area contributed by atoms with E-state index in [4.69, 9.17) is 32.7 Å². The molecule has 0 bridgehead atoms. The Hall–Kier alpha value is -1.85. The van der Waals surface area contributed by atoms with Gasteiger partial charge in [-0.1, -0.05) is 42.3 Å². The highest BCUT2D eigenvalue weighted by molar-refractivity contribution is 6.43. The van der Waals surface area contributed by atoms with Crippen LogP contribution in [0.5, 0.6) is 0 Å². The molecule has 0 heterocycles. The van der Waals surface area contributed by atoms with E-state index in [1.54, 1.807) is 18.2 Å². The van der Waals surface area contributed by atoms with Crippen molar-refractivity contribution in [3.8, 4) is 0 Å². The van der Waals surface area contributed by atoms with E-state index < -0.39 is 24.5 Å². The van der Waals surface area contributed by atoms with Crippen LogP contribution < -0.4 is 0 Å². The molecule has 1 rings (SSSR count). The number of hydrogen-bond donors (Lipinski definition) is 0. The van der Waals surface area contributed by atoms with Crippen LogP contribution >= 0.6 is 23.2 Å². The van der Waals surface area contributed by atoms with Gasteiger partial charge in [0.15, 0.2) is 5.78 Å². The van der Waals surface area contributed by atoms with E-state index in [0.717, 1.165) is 0 Å². The second-order valence-corrected chi connectivity index (χ2v) is 5.36. The predicted molar refractivity (Wildman–Crippen MR) is 87.1 cm³/mol. The van der Waals surface area contributed by atoms with Gasteiger partial charge in [0.25, 0.3) is 0 Å². The molecule has 0 unspecified atom stereocenters. The summed E-state index contributed by atoms with van der Waals surface area (Å²) < 4.78 is 9.49. The molecule has 0 aliphatic carbocycles. The van der Waals surface area contributed by atoms with Crippen molar-refractivity contribution < 1.29 is 23.9 Å². The van der Waals surface area contributed by atoms with Crippen molar-refractivity contribution in [2.45, 2.75) is 26.7 Å². The van der Waals surface area contributed by atoms with Gasteiger partial charge in [-0.05, 0) is 31.1 Å². The second-order valence-electron chi connectivity index (χ2n) is 4.57. The quantitative estimate of drug-likeness (QED) is 0.243. The van der Waals surface area contributed by atoms with Crippen molar-refractivity contribution in [1.82, 2.24) is 0 Å². The fourth-order valence-electron chi connectivity index (χ4n) is 1.59. The zero-order valence-corrected chi connectivity index (χ0v) is 14.2. The maximum atomic E-state index is 11.9. The number of ketones is 1. The van der Waals surface area contributed by atoms with Crippen molar-refractivity contribution in [3.63, 3.8) is 0 Å². The van der Waals surface area contributed by atoms with E-state index in [2.05, 4.69) is 0 Å². The number of rotatable bonds is 7. The van der Waals surface area contributed by atoms with E-state index in [1.807, 2.05) is 6.92 Å². The van der Waals surface area contributed by atoms with Gasteiger partial charge >= 0.3 is 11.9 Å². The van der Waals surface area contributed by atoms with Crippen LogP contribution in [0.1, 0.15) is 32.3 Å². The molecule has 124 valence electrons. The van der Waals surface area contributed by atoms with Gasteiger partial charge in [-0.3, -0.25) is 9.59 Å². The van der Waals surface area contributed by atoms with Crippen molar-refractivity contribution >= 4 is 47.0 Å². The molecule has 0 N–H and O–H groups in total. The molecule has 5 nitrogen and oxygen atoms in total. The largest absolute Gasteiger partial charge is 0.428 e. The molecular formula is C16H16Cl2O5. The smallest absolute Gasteiger partial charge is 0.344 e. The second kappa shape index (κ2) is 9.33. The summed E-state index contributed by atoms with van der Waals surface area (Å²) in [6.07, 6.45) is 2.14. The lowest BCUT2D eigenvalue weighted by Gasteiger charge is -2.08. The van der Waals surface area contributed by atoms with Gasteiger partial charge in [0.05, 0.1) is 10.0 Å². The summed E-state index contributed by atoms with van der Waals surface area (Å²) in [6, 6.07) is 4.82. The lowest BCUT2D eigenvalue weighted by molar-refractivity contribution is -0.164. The lowest BCUT2D eigenvalue weighted by atomic mass is 10.1. The van der Waals surface area contributed by atoms with Gasteiger partial charge in [0.2, 0.25) is 6.79 Å². The summed E-state index contributed by atoms with van der Waals surface area (Å²) in [6.45, 7) is 2.48. The topological polar surface area (TPSA) is 69.7 Å². The number of Topliss-reactive ketones (excluding diaryl/α,β-unsaturated/α-hetero) is 1. The molecule has 1 aromatic carbocycles. The maximum Gasteiger partial charge on any atom is 0.344 e. The van der Waals surface area contributed by atoms with Crippen LogP contribution in [-0.2, 0) is 23.9 Å². The monoisotopic (exact) mass is 358 g/mol. The molecule has 1 aromatic rings. The lowest BCUT2D eigenvalue weighted by Crippen LogP contribution is -2.17. The predicted octanol–water partition coefficient (Wildman–Crippen LogP) is 3.81. The van der Waals surface area contributed by atoms with Crippen LogP contribution in [0.2, 0.25) is 10.0 Å². The highest BCUT2D eigenvalue weighted by Gasteiger charge is 2.18. The number of hydrogen-bond acceptors (Lipinski definition) is 5. The molecule has 0 aliphatic heterocycles. The van der Waals surface area contributed by atoms with Crippen LogP contribution in [0.25, 0.3) is 6.08 Å². The average molecular weight is 359 g/mol. The number of benzene rings is 1. The third kappa shape index (κ3) is 6.04. The minimum atomic E-state index is -0.905. The maximum absolute atomic E-state index is 11.9. The molecule has 0 radical (unpaired) electrons. The highest BCUT2D eigenvalue weighted by atomic mass is 35.5. The van der Waals surface area contributed by atoms with Crippen molar-refractivity contribution in [3.05, 3.63) is 39.4 Å². The molecule has 0 fully saturated rings. The first-order chi connectivity index (χ1) is 10.9. The summed E-state index contributed by atoms with van der Waals surface area (Å²) in [5, 5.41) is 0.514. The minimum absolute atomic E-state index is 0.218. The first-order valence-electron chi connectivity index (χ1n) is 6.86. The van der Waals surface area contributed by atoms with Gasteiger partial charge in [-0.15, -0.1) is 0 Å². The van der Waals surface area contributed by atoms with Crippen molar-refractivity contribution in [2.75, 3.05) is 6.79 Å². The van der Waals surface area contributed by atoms with Gasteiger partial charge in [-0.25, -0.2) is 4.79 Å². The zero-order chi connectivity index (χ0) is 17.4. The molecule has 0 atom stereocenters. The molecule has 0 saturated heterocycles. The number of carbonyl (C=O) groups excluding carboxylic acids is 3. The Morgan fingerprint density at radius 1 is 1.17 bits per heavy atom. The molecule has 0 aliphatic rings. The van der Waals surface area contributed by atoms with Crippen molar-refractivity contribution in [1.29, 1.82) is 0 Å². The SMILES string of the molecule is CCCC(=O)OCOC(=O)C(=Cc1cccc(Cl)c1Cl)C(C)=O. The number of halogens is 2. The Morgan fingerprint density at radius 3 is 2.48 bits per heavy atom. The van der Waals surface area contributed by atoms with Crippen LogP contribution in [0.4, 0.5) is 0 Å². The first-order valence-corrected chi connectivity index (χ1v) is 7.61. The first kappa shape index (κ1) is 19.2. The average Bonchev–Trinajstić information content (AvgIpc) is 2.48. The summed E-state index contributed by atoms with van der Waals surface area (Å²) in [5.74, 6) is -1.89. The number of carbonyl (C=O) groups is 3. The van der Waals surface area contributed by atoms with E-state index in [-0.39, 0.29) is 17.0 Å². The molecule has 0 saturated carbocycles. The Labute approximate surface area is 144 Å². The Balaban J connectivity index is 2.84. The molecular weight excluding hydrogens is 343 g/mol. The van der Waals surface area contributed by atoms with Gasteiger partial charge < -0.3 is 9.47 Å². The molecule has 23 heavy (non-hydrogen) atoms. The standard InChI is InChI=1S/C16H16Cl2O5/c1-3-5-14(20)22-9-23-16(21)12(10(2)19)8-11-6-4-7-13(17)15(11)18/h4,6-8H,3,5,9H2,1-2H3. The Kier molecular flexibility index (Phi) is 7.78. The summed E-state index contributed by atoms with van der Waals surface area (Å²) >= 11 is 11.9. The van der Waals surface area contributed by atoms with Crippen LogP contribution in [0.3, 0.4) is 0 Å². The normalized spacial score (nSPS) is 11.0. The van der Waals surface area contributed by atoms with Gasteiger partial charge in [-0.2, -0.15) is 0 Å². The number of esters is 2. The number of ether oxygens (including phenoxy) is 2. The van der Waals surface area contributed by atoms with Crippen molar-refractivity contribution in [2.24, 2.45) is 0 Å². The summed E-state index contributed by atoms with van der Waals surface area (Å²) in [4.78, 5) is 34.8. The Bertz CT molecular complexity index is 637. The van der Waals surface area contributed by atoms with Gasteiger partial charge in [0, 0.05) is 6.42 Å². The van der Waals surface area contributed by atoms with E-state index in [9.17, 15) is 14.4 Å². The van der Waals surface area contributed by atoms with E-state index in [0.29, 0.717) is 17.0 Å². The third-order valence-corrected chi connectivity index (χ3v) is 3.58. The summed E-state index contributed by atoms with van der Waals surface area (Å²) in [5.41, 5.74) is 0.185. The van der Waals surface area contributed by atoms with Crippen LogP contribution in [-0.4, -0.2) is 24.5 Å². The fraction of sp³-hybridized carbons (Fsp3) is 0.312. The molecule has 0 amide bonds. The third-order valence-electron chi connectivity index (χ3n) is 2.74. The Morgan fingerprint density at radius 2 is 1.87 bits per heavy atom. The zero-order valence-electron chi connectivity index (χ0n) is 12.7. The minimum Gasteiger partial charge on any atom is -0.428 e. The molecule has 7 heteroatoms. The van der Waals surface area contributed by atoms with Crippen LogP contribution in [0.15, 0.2) is 23.8 Å². The molecule has 0 spiro atoms. The summed E-state index contributed by atoms with van der Waals surface area (Å²) in [7, 11) is 0. The van der Waals surface area contributed by atoms with E-state index in [1.165, 1.54) is 13.0 Å². The van der Waals surface area contributed by atoms with Gasteiger partial charge in [0.1, 0.15) is 5.57 Å². The highest BCUT2D eigenvalue weighted by Crippen LogP contribution is 2.27.